The maximum atomic E-state index is 10.8. The normalized spacial score (nSPS) is 10.8. The second-order valence-corrected chi connectivity index (χ2v) is 3.92. The van der Waals surface area contributed by atoms with E-state index in [1.807, 2.05) is 13.8 Å². The number of carboxylic acids is 1. The molecule has 2 heterocycles. The van der Waals surface area contributed by atoms with Crippen molar-refractivity contribution in [1.82, 2.24) is 10.3 Å². The summed E-state index contributed by atoms with van der Waals surface area (Å²) >= 11 is 0. The van der Waals surface area contributed by atoms with Crippen LogP contribution in [0, 0.1) is 13.8 Å². The zero-order valence-corrected chi connectivity index (χ0v) is 10.2. The summed E-state index contributed by atoms with van der Waals surface area (Å²) < 4.78 is 10.5. The Hall–Kier alpha value is -2.08. The van der Waals surface area contributed by atoms with Crippen molar-refractivity contribution in [3.63, 3.8) is 0 Å². The van der Waals surface area contributed by atoms with Gasteiger partial charge in [0.05, 0.1) is 25.0 Å². The van der Waals surface area contributed by atoms with Crippen molar-refractivity contribution in [3.8, 4) is 0 Å². The van der Waals surface area contributed by atoms with Crippen LogP contribution in [0.5, 0.6) is 0 Å². The molecule has 6 nitrogen and oxygen atoms in total. The van der Waals surface area contributed by atoms with Gasteiger partial charge < -0.3 is 19.3 Å². The van der Waals surface area contributed by atoms with Gasteiger partial charge in [-0.3, -0.25) is 0 Å². The molecule has 2 N–H and O–H groups in total. The summed E-state index contributed by atoms with van der Waals surface area (Å²) in [6.07, 6.45) is 1.36. The maximum Gasteiger partial charge on any atom is 0.339 e. The highest BCUT2D eigenvalue weighted by molar-refractivity contribution is 5.88. The van der Waals surface area contributed by atoms with Crippen LogP contribution in [0.1, 0.15) is 33.5 Å². The summed E-state index contributed by atoms with van der Waals surface area (Å²) in [5.74, 6) is 0.760. The van der Waals surface area contributed by atoms with Crippen molar-refractivity contribution in [3.05, 3.63) is 41.0 Å². The van der Waals surface area contributed by atoms with Gasteiger partial charge in [0.1, 0.15) is 17.1 Å². The zero-order valence-electron chi connectivity index (χ0n) is 10.2. The molecule has 0 aromatic carbocycles. The van der Waals surface area contributed by atoms with Crippen molar-refractivity contribution in [2.24, 2.45) is 0 Å². The summed E-state index contributed by atoms with van der Waals surface area (Å²) in [6, 6.07) is 1.43. The van der Waals surface area contributed by atoms with Gasteiger partial charge in [-0.05, 0) is 19.9 Å². The fraction of sp³-hybridized carbons (Fsp3) is 0.333. The Bertz CT molecular complexity index is 537. The van der Waals surface area contributed by atoms with Crippen LogP contribution in [0.4, 0.5) is 0 Å². The van der Waals surface area contributed by atoms with Crippen molar-refractivity contribution in [2.75, 3.05) is 0 Å². The average molecular weight is 250 g/mol. The number of aromatic carboxylic acids is 1. The first-order valence-electron chi connectivity index (χ1n) is 5.51. The summed E-state index contributed by atoms with van der Waals surface area (Å²) in [4.78, 5) is 15.1. The van der Waals surface area contributed by atoms with Crippen LogP contribution in [0.25, 0.3) is 0 Å². The van der Waals surface area contributed by atoms with Crippen LogP contribution in [0.2, 0.25) is 0 Å². The molecular formula is C12H14N2O4. The molecule has 0 radical (unpaired) electrons. The molecule has 6 heteroatoms. The Morgan fingerprint density at radius 2 is 2.22 bits per heavy atom. The smallest absolute Gasteiger partial charge is 0.339 e. The molecule has 0 spiro atoms. The first-order chi connectivity index (χ1) is 8.58. The van der Waals surface area contributed by atoms with Crippen LogP contribution in [0.15, 0.2) is 21.2 Å². The molecule has 0 saturated heterocycles. The molecule has 0 bridgehead atoms. The van der Waals surface area contributed by atoms with Gasteiger partial charge in [0.15, 0.2) is 0 Å². The van der Waals surface area contributed by atoms with E-state index in [-0.39, 0.29) is 5.56 Å². The monoisotopic (exact) mass is 250 g/mol. The number of aryl methyl sites for hydroxylation is 2. The number of nitrogens with one attached hydrogen (secondary N) is 1. The molecule has 0 aliphatic rings. The minimum atomic E-state index is -0.997. The van der Waals surface area contributed by atoms with Crippen molar-refractivity contribution in [1.29, 1.82) is 0 Å². The summed E-state index contributed by atoms with van der Waals surface area (Å²) in [5.41, 5.74) is 1.03. The molecule has 0 amide bonds. The number of carboxylic acid groups (broad SMARTS) is 1. The highest BCUT2D eigenvalue weighted by atomic mass is 16.4. The second-order valence-electron chi connectivity index (χ2n) is 3.92. The first kappa shape index (κ1) is 12.4. The Morgan fingerprint density at radius 3 is 2.83 bits per heavy atom. The van der Waals surface area contributed by atoms with Gasteiger partial charge in [-0.1, -0.05) is 0 Å². The molecular weight excluding hydrogens is 236 g/mol. The van der Waals surface area contributed by atoms with E-state index in [2.05, 4.69) is 10.3 Å². The highest BCUT2D eigenvalue weighted by Gasteiger charge is 2.13. The van der Waals surface area contributed by atoms with E-state index in [9.17, 15) is 4.79 Å². The van der Waals surface area contributed by atoms with Gasteiger partial charge in [-0.15, -0.1) is 0 Å². The van der Waals surface area contributed by atoms with Gasteiger partial charge in [0.25, 0.3) is 0 Å². The maximum absolute atomic E-state index is 10.8. The minimum absolute atomic E-state index is 0.169. The number of rotatable bonds is 5. The quantitative estimate of drug-likeness (QED) is 0.842. The standard InChI is InChI=1S/C12H14N2O4/c1-7-8(2)18-11(14-7)6-13-5-10-9(12(15)16)3-4-17-10/h3-4,13H,5-6H2,1-2H3,(H,15,16). The molecule has 2 aromatic heterocycles. The van der Waals surface area contributed by atoms with Gasteiger partial charge in [-0.25, -0.2) is 9.78 Å². The number of nitrogens with zero attached hydrogens (tertiary/aromatic N) is 1. The van der Waals surface area contributed by atoms with Gasteiger partial charge in [0, 0.05) is 0 Å². The Labute approximate surface area is 104 Å². The van der Waals surface area contributed by atoms with Crippen molar-refractivity contribution < 1.29 is 18.7 Å². The van der Waals surface area contributed by atoms with Crippen LogP contribution in [0.3, 0.4) is 0 Å². The predicted octanol–water partition coefficient (Wildman–Crippen LogP) is 1.87. The van der Waals surface area contributed by atoms with Gasteiger partial charge in [0.2, 0.25) is 5.89 Å². The minimum Gasteiger partial charge on any atom is -0.478 e. The molecule has 2 rings (SSSR count). The third-order valence-corrected chi connectivity index (χ3v) is 2.61. The average Bonchev–Trinajstić information content (AvgIpc) is 2.87. The van der Waals surface area contributed by atoms with Crippen LogP contribution < -0.4 is 5.32 Å². The summed E-state index contributed by atoms with van der Waals surface area (Å²) in [5, 5.41) is 11.9. The third-order valence-electron chi connectivity index (χ3n) is 2.61. The molecule has 0 saturated carbocycles. The number of hydrogen-bond acceptors (Lipinski definition) is 5. The largest absolute Gasteiger partial charge is 0.478 e. The van der Waals surface area contributed by atoms with Crippen LogP contribution in [-0.2, 0) is 13.1 Å². The van der Waals surface area contributed by atoms with E-state index in [1.54, 1.807) is 0 Å². The number of furan rings is 1. The number of hydrogen-bond donors (Lipinski definition) is 2. The lowest BCUT2D eigenvalue weighted by Gasteiger charge is -2.00. The first-order valence-corrected chi connectivity index (χ1v) is 5.51. The molecule has 0 fully saturated rings. The lowest BCUT2D eigenvalue weighted by Crippen LogP contribution is -2.14. The molecule has 2 aromatic rings. The van der Waals surface area contributed by atoms with E-state index in [4.69, 9.17) is 13.9 Å². The Kier molecular flexibility index (Phi) is 3.47. The number of oxazole rings is 1. The van der Waals surface area contributed by atoms with Crippen molar-refractivity contribution in [2.45, 2.75) is 26.9 Å². The Balaban J connectivity index is 1.92. The van der Waals surface area contributed by atoms with E-state index in [0.717, 1.165) is 11.5 Å². The fourth-order valence-electron chi connectivity index (χ4n) is 1.57. The van der Waals surface area contributed by atoms with E-state index >= 15 is 0 Å². The van der Waals surface area contributed by atoms with Crippen LogP contribution in [-0.4, -0.2) is 16.1 Å². The number of carbonyl (C=O) groups is 1. The number of aromatic nitrogens is 1. The molecule has 0 aliphatic heterocycles. The zero-order chi connectivity index (χ0) is 13.1. The lowest BCUT2D eigenvalue weighted by molar-refractivity contribution is 0.0694. The summed E-state index contributed by atoms with van der Waals surface area (Å²) in [6.45, 7) is 4.46. The van der Waals surface area contributed by atoms with Gasteiger partial charge in [-0.2, -0.15) is 0 Å². The van der Waals surface area contributed by atoms with Crippen LogP contribution >= 0.6 is 0 Å². The highest BCUT2D eigenvalue weighted by Crippen LogP contribution is 2.11. The summed E-state index contributed by atoms with van der Waals surface area (Å²) in [7, 11) is 0. The predicted molar refractivity (Wildman–Crippen MR) is 62.2 cm³/mol. The SMILES string of the molecule is Cc1nc(CNCc2occc2C(=O)O)oc1C. The molecule has 0 aliphatic carbocycles. The molecule has 18 heavy (non-hydrogen) atoms. The molecule has 96 valence electrons. The van der Waals surface area contributed by atoms with E-state index in [0.29, 0.717) is 24.7 Å². The Morgan fingerprint density at radius 1 is 1.44 bits per heavy atom. The van der Waals surface area contributed by atoms with E-state index in [1.165, 1.54) is 12.3 Å². The topological polar surface area (TPSA) is 88.5 Å². The fourth-order valence-corrected chi connectivity index (χ4v) is 1.57. The van der Waals surface area contributed by atoms with Gasteiger partial charge >= 0.3 is 5.97 Å². The third kappa shape index (κ3) is 2.60. The molecule has 0 atom stereocenters. The van der Waals surface area contributed by atoms with E-state index < -0.39 is 5.97 Å². The second kappa shape index (κ2) is 5.05. The lowest BCUT2D eigenvalue weighted by atomic mass is 10.2. The van der Waals surface area contributed by atoms with Crippen molar-refractivity contribution >= 4 is 5.97 Å². The molecule has 0 unspecified atom stereocenters.